The van der Waals surface area contributed by atoms with E-state index in [0.717, 1.165) is 28.4 Å². The molecule has 0 unspecified atom stereocenters. The first-order chi connectivity index (χ1) is 13.1. The predicted octanol–water partition coefficient (Wildman–Crippen LogP) is 3.62. The smallest absolute Gasteiger partial charge is 0.287 e. The summed E-state index contributed by atoms with van der Waals surface area (Å²) >= 11 is 4.77. The summed E-state index contributed by atoms with van der Waals surface area (Å²) in [6.45, 7) is 1.96. The van der Waals surface area contributed by atoms with Gasteiger partial charge in [0.15, 0.2) is 15.6 Å². The monoisotopic (exact) mass is 448 g/mol. The van der Waals surface area contributed by atoms with Crippen molar-refractivity contribution >= 4 is 60.1 Å². The van der Waals surface area contributed by atoms with Crippen LogP contribution in [-0.2, 0) is 4.79 Å². The van der Waals surface area contributed by atoms with Gasteiger partial charge in [-0.1, -0.05) is 11.3 Å². The second kappa shape index (κ2) is 7.69. The van der Waals surface area contributed by atoms with Crippen molar-refractivity contribution in [2.45, 2.75) is 12.8 Å². The van der Waals surface area contributed by atoms with Crippen LogP contribution < -0.4 is 15.5 Å². The maximum absolute atomic E-state index is 12.1. The van der Waals surface area contributed by atoms with Crippen LogP contribution in [0.3, 0.4) is 0 Å². The highest BCUT2D eigenvalue weighted by Gasteiger charge is 2.17. The SMILES string of the molecule is O=C(CNC(=O)c1ccc(Br)o1)Nc1ccc2nc(N3CCCC3)sc2c1. The molecule has 2 amide bonds. The number of benzene rings is 1. The summed E-state index contributed by atoms with van der Waals surface area (Å²) in [6, 6.07) is 8.79. The molecule has 7 nitrogen and oxygen atoms in total. The molecular weight excluding hydrogens is 432 g/mol. The van der Waals surface area contributed by atoms with Crippen molar-refractivity contribution in [3.05, 3.63) is 40.8 Å². The first-order valence-electron chi connectivity index (χ1n) is 8.57. The van der Waals surface area contributed by atoms with Gasteiger partial charge in [-0.3, -0.25) is 9.59 Å². The first kappa shape index (κ1) is 18.0. The van der Waals surface area contributed by atoms with Crippen LogP contribution >= 0.6 is 27.3 Å². The number of thiazole rings is 1. The maximum Gasteiger partial charge on any atom is 0.287 e. The lowest BCUT2D eigenvalue weighted by atomic mass is 10.3. The fraction of sp³-hybridized carbons (Fsp3) is 0.278. The third-order valence-electron chi connectivity index (χ3n) is 4.24. The lowest BCUT2D eigenvalue weighted by molar-refractivity contribution is -0.115. The molecule has 9 heteroatoms. The predicted molar refractivity (Wildman–Crippen MR) is 108 cm³/mol. The Hall–Kier alpha value is -2.39. The van der Waals surface area contributed by atoms with E-state index in [9.17, 15) is 9.59 Å². The molecule has 3 aromatic rings. The van der Waals surface area contributed by atoms with Crippen molar-refractivity contribution in [2.24, 2.45) is 0 Å². The molecule has 0 saturated carbocycles. The fourth-order valence-corrected chi connectivity index (χ4v) is 4.29. The number of aromatic nitrogens is 1. The quantitative estimate of drug-likeness (QED) is 0.622. The van der Waals surface area contributed by atoms with Gasteiger partial charge in [-0.05, 0) is 59.1 Å². The number of anilines is 2. The number of furan rings is 1. The van der Waals surface area contributed by atoms with Crippen LogP contribution in [0, 0.1) is 0 Å². The maximum atomic E-state index is 12.1. The van der Waals surface area contributed by atoms with Gasteiger partial charge in [0, 0.05) is 18.8 Å². The zero-order valence-electron chi connectivity index (χ0n) is 14.3. The summed E-state index contributed by atoms with van der Waals surface area (Å²) in [7, 11) is 0. The van der Waals surface area contributed by atoms with E-state index in [1.54, 1.807) is 17.4 Å². The van der Waals surface area contributed by atoms with Crippen LogP contribution in [0.15, 0.2) is 39.4 Å². The Labute approximate surface area is 167 Å². The van der Waals surface area contributed by atoms with Crippen LogP contribution in [0.25, 0.3) is 10.2 Å². The fourth-order valence-electron chi connectivity index (χ4n) is 2.92. The van der Waals surface area contributed by atoms with Crippen LogP contribution in [0.1, 0.15) is 23.4 Å². The minimum absolute atomic E-state index is 0.142. The second-order valence-electron chi connectivity index (χ2n) is 6.21. The van der Waals surface area contributed by atoms with E-state index in [2.05, 4.69) is 36.4 Å². The molecule has 1 aromatic carbocycles. The molecule has 1 fully saturated rings. The van der Waals surface area contributed by atoms with Gasteiger partial charge < -0.3 is 20.0 Å². The van der Waals surface area contributed by atoms with E-state index in [0.29, 0.717) is 10.4 Å². The van der Waals surface area contributed by atoms with Crippen molar-refractivity contribution in [3.8, 4) is 0 Å². The van der Waals surface area contributed by atoms with Crippen LogP contribution in [-0.4, -0.2) is 36.4 Å². The second-order valence-corrected chi connectivity index (χ2v) is 8.00. The van der Waals surface area contributed by atoms with Crippen molar-refractivity contribution in [2.75, 3.05) is 29.9 Å². The Morgan fingerprint density at radius 2 is 2.04 bits per heavy atom. The molecule has 1 aliphatic rings. The topological polar surface area (TPSA) is 87.5 Å². The summed E-state index contributed by atoms with van der Waals surface area (Å²) in [5, 5.41) is 6.36. The molecule has 4 rings (SSSR count). The van der Waals surface area contributed by atoms with E-state index in [-0.39, 0.29) is 18.2 Å². The van der Waals surface area contributed by atoms with E-state index >= 15 is 0 Å². The van der Waals surface area contributed by atoms with Gasteiger partial charge in [-0.25, -0.2) is 4.98 Å². The molecule has 1 saturated heterocycles. The lowest BCUT2D eigenvalue weighted by Gasteiger charge is -2.11. The zero-order valence-corrected chi connectivity index (χ0v) is 16.7. The average molecular weight is 449 g/mol. The molecule has 140 valence electrons. The van der Waals surface area contributed by atoms with Gasteiger partial charge in [-0.2, -0.15) is 0 Å². The van der Waals surface area contributed by atoms with Gasteiger partial charge in [-0.15, -0.1) is 0 Å². The van der Waals surface area contributed by atoms with Crippen LogP contribution in [0.5, 0.6) is 0 Å². The molecule has 2 N–H and O–H groups in total. The summed E-state index contributed by atoms with van der Waals surface area (Å²) in [5.74, 6) is -0.600. The Balaban J connectivity index is 1.37. The number of amides is 2. The third kappa shape index (κ3) is 4.14. The molecule has 0 atom stereocenters. The minimum atomic E-state index is -0.441. The highest BCUT2D eigenvalue weighted by Crippen LogP contribution is 2.32. The Bertz CT molecular complexity index is 994. The number of nitrogens with one attached hydrogen (secondary N) is 2. The summed E-state index contributed by atoms with van der Waals surface area (Å²) in [6.07, 6.45) is 2.41. The molecule has 0 aliphatic carbocycles. The number of carbonyl (C=O) groups excluding carboxylic acids is 2. The van der Waals surface area contributed by atoms with Gasteiger partial charge in [0.2, 0.25) is 5.91 Å². The van der Waals surface area contributed by atoms with Crippen molar-refractivity contribution in [3.63, 3.8) is 0 Å². The third-order valence-corrected chi connectivity index (χ3v) is 5.75. The molecule has 0 radical (unpaired) electrons. The van der Waals surface area contributed by atoms with Crippen molar-refractivity contribution in [1.82, 2.24) is 10.3 Å². The lowest BCUT2D eigenvalue weighted by Crippen LogP contribution is -2.32. The molecule has 0 spiro atoms. The zero-order chi connectivity index (χ0) is 18.8. The summed E-state index contributed by atoms with van der Waals surface area (Å²) in [4.78, 5) is 31.0. The number of hydrogen-bond donors (Lipinski definition) is 2. The van der Waals surface area contributed by atoms with Gasteiger partial charge in [0.25, 0.3) is 5.91 Å². The Kier molecular flexibility index (Phi) is 5.13. The van der Waals surface area contributed by atoms with E-state index in [1.807, 2.05) is 18.2 Å². The van der Waals surface area contributed by atoms with Crippen LogP contribution in [0.2, 0.25) is 0 Å². The van der Waals surface area contributed by atoms with Gasteiger partial charge in [0.1, 0.15) is 0 Å². The molecule has 27 heavy (non-hydrogen) atoms. The number of halogens is 1. The van der Waals surface area contributed by atoms with Crippen molar-refractivity contribution in [1.29, 1.82) is 0 Å². The number of rotatable bonds is 5. The number of nitrogens with zero attached hydrogens (tertiary/aromatic N) is 2. The average Bonchev–Trinajstić information content (AvgIpc) is 3.39. The van der Waals surface area contributed by atoms with Gasteiger partial charge >= 0.3 is 0 Å². The number of fused-ring (bicyclic) bond motifs is 1. The standard InChI is InChI=1S/C18H17BrN4O3S/c19-15-6-5-13(26-15)17(25)20-10-16(24)21-11-3-4-12-14(9-11)27-18(22-12)23-7-1-2-8-23/h3-6,9H,1-2,7-8,10H2,(H,20,25)(H,21,24). The Morgan fingerprint density at radius 1 is 1.22 bits per heavy atom. The molecular formula is C18H17BrN4O3S. The molecule has 2 aromatic heterocycles. The summed E-state index contributed by atoms with van der Waals surface area (Å²) in [5.41, 5.74) is 1.61. The number of carbonyl (C=O) groups is 2. The van der Waals surface area contributed by atoms with Crippen molar-refractivity contribution < 1.29 is 14.0 Å². The minimum Gasteiger partial charge on any atom is -0.444 e. The summed E-state index contributed by atoms with van der Waals surface area (Å²) < 4.78 is 6.64. The van der Waals surface area contributed by atoms with Crippen LogP contribution in [0.4, 0.5) is 10.8 Å². The van der Waals surface area contributed by atoms with E-state index < -0.39 is 5.91 Å². The van der Waals surface area contributed by atoms with E-state index in [4.69, 9.17) is 4.42 Å². The normalized spacial score (nSPS) is 13.9. The highest BCUT2D eigenvalue weighted by molar-refractivity contribution is 9.10. The van der Waals surface area contributed by atoms with Gasteiger partial charge in [0.05, 0.1) is 16.8 Å². The highest BCUT2D eigenvalue weighted by atomic mass is 79.9. The largest absolute Gasteiger partial charge is 0.444 e. The first-order valence-corrected chi connectivity index (χ1v) is 10.2. The number of hydrogen-bond acceptors (Lipinski definition) is 6. The van der Waals surface area contributed by atoms with E-state index in [1.165, 1.54) is 18.9 Å². The molecule has 3 heterocycles. The molecule has 0 bridgehead atoms. The Morgan fingerprint density at radius 3 is 2.78 bits per heavy atom. The molecule has 1 aliphatic heterocycles.